The van der Waals surface area contributed by atoms with Gasteiger partial charge < -0.3 is 14.9 Å². The van der Waals surface area contributed by atoms with E-state index in [-0.39, 0.29) is 12.8 Å². The number of carboxylic acids is 1. The Morgan fingerprint density at radius 2 is 2.06 bits per heavy atom. The van der Waals surface area contributed by atoms with Crippen molar-refractivity contribution in [2.45, 2.75) is 44.3 Å². The third kappa shape index (κ3) is 2.48. The molecule has 1 aliphatic heterocycles. The smallest absolute Gasteiger partial charge is 0.303 e. The predicted molar refractivity (Wildman–Crippen MR) is 66.5 cm³/mol. The summed E-state index contributed by atoms with van der Waals surface area (Å²) in [5, 5.41) is 19.6. The number of fused-ring (bicyclic) bond motifs is 1. The zero-order valence-corrected chi connectivity index (χ0v) is 10.6. The van der Waals surface area contributed by atoms with Crippen molar-refractivity contribution in [3.05, 3.63) is 29.8 Å². The number of aliphatic carboxylic acids is 1. The Balaban J connectivity index is 2.37. The Labute approximate surface area is 106 Å². The van der Waals surface area contributed by atoms with E-state index >= 15 is 0 Å². The molecule has 1 aromatic rings. The van der Waals surface area contributed by atoms with Crippen LogP contribution in [0.15, 0.2) is 24.3 Å². The first-order valence-corrected chi connectivity index (χ1v) is 6.05. The molecule has 0 spiro atoms. The van der Waals surface area contributed by atoms with Crippen LogP contribution in [-0.4, -0.2) is 21.8 Å². The van der Waals surface area contributed by atoms with Crippen molar-refractivity contribution < 1.29 is 19.7 Å². The van der Waals surface area contributed by atoms with Gasteiger partial charge in [-0.2, -0.15) is 0 Å². The average molecular weight is 250 g/mol. The predicted octanol–water partition coefficient (Wildman–Crippen LogP) is 2.30. The highest BCUT2D eigenvalue weighted by Gasteiger charge is 2.43. The van der Waals surface area contributed by atoms with Crippen molar-refractivity contribution in [2.75, 3.05) is 0 Å². The molecule has 1 aromatic carbocycles. The van der Waals surface area contributed by atoms with E-state index in [0.29, 0.717) is 17.7 Å². The van der Waals surface area contributed by atoms with Gasteiger partial charge in [-0.1, -0.05) is 18.2 Å². The van der Waals surface area contributed by atoms with Crippen LogP contribution in [0.5, 0.6) is 5.75 Å². The zero-order valence-electron chi connectivity index (χ0n) is 10.6. The number of aliphatic hydroxyl groups is 1. The van der Waals surface area contributed by atoms with Gasteiger partial charge >= 0.3 is 5.97 Å². The quantitative estimate of drug-likeness (QED) is 0.863. The van der Waals surface area contributed by atoms with Gasteiger partial charge in [-0.3, -0.25) is 4.79 Å². The molecule has 4 heteroatoms. The van der Waals surface area contributed by atoms with Crippen LogP contribution in [0.3, 0.4) is 0 Å². The van der Waals surface area contributed by atoms with E-state index in [0.717, 1.165) is 0 Å². The van der Waals surface area contributed by atoms with Gasteiger partial charge in [-0.25, -0.2) is 0 Å². The molecule has 0 bridgehead atoms. The van der Waals surface area contributed by atoms with Crippen molar-refractivity contribution >= 4 is 5.97 Å². The normalized spacial score (nSPS) is 25.1. The standard InChI is InChI=1S/C14H18O4/c1-13(2)9-14(17,8-7-12(15)16)10-5-3-4-6-11(10)18-13/h3-6,17H,7-9H2,1-2H3,(H,15,16). The first-order chi connectivity index (χ1) is 8.32. The van der Waals surface area contributed by atoms with Crippen LogP contribution in [0.4, 0.5) is 0 Å². The number of carbonyl (C=O) groups is 1. The second-order valence-corrected chi connectivity index (χ2v) is 5.46. The van der Waals surface area contributed by atoms with Crippen LogP contribution in [0.2, 0.25) is 0 Å². The van der Waals surface area contributed by atoms with Gasteiger partial charge in [0, 0.05) is 18.4 Å². The molecular formula is C14H18O4. The van der Waals surface area contributed by atoms with Gasteiger partial charge in [0.25, 0.3) is 0 Å². The molecule has 4 nitrogen and oxygen atoms in total. The second-order valence-electron chi connectivity index (χ2n) is 5.46. The first kappa shape index (κ1) is 12.9. The van der Waals surface area contributed by atoms with E-state index < -0.39 is 17.2 Å². The number of ether oxygens (including phenoxy) is 1. The molecule has 1 aliphatic rings. The lowest BCUT2D eigenvalue weighted by atomic mass is 9.78. The SMILES string of the molecule is CC1(C)CC(O)(CCC(=O)O)c2ccccc2O1. The molecule has 2 N–H and O–H groups in total. The van der Waals surface area contributed by atoms with Crippen LogP contribution in [0.1, 0.15) is 38.7 Å². The Bertz CT molecular complexity index is 467. The van der Waals surface area contributed by atoms with Gasteiger partial charge in [0.15, 0.2) is 0 Å². The molecule has 1 unspecified atom stereocenters. The molecular weight excluding hydrogens is 232 g/mol. The van der Waals surface area contributed by atoms with Gasteiger partial charge in [0.2, 0.25) is 0 Å². The fourth-order valence-corrected chi connectivity index (χ4v) is 2.61. The summed E-state index contributed by atoms with van der Waals surface area (Å²) in [4.78, 5) is 10.7. The zero-order chi connectivity index (χ0) is 13.4. The number of hydrogen-bond acceptors (Lipinski definition) is 3. The fraction of sp³-hybridized carbons (Fsp3) is 0.500. The van der Waals surface area contributed by atoms with Crippen molar-refractivity contribution in [1.82, 2.24) is 0 Å². The van der Waals surface area contributed by atoms with Gasteiger partial charge in [0.05, 0.1) is 5.60 Å². The topological polar surface area (TPSA) is 66.8 Å². The minimum atomic E-state index is -1.13. The van der Waals surface area contributed by atoms with Crippen LogP contribution >= 0.6 is 0 Å². The van der Waals surface area contributed by atoms with E-state index in [4.69, 9.17) is 9.84 Å². The molecule has 0 fully saturated rings. The number of rotatable bonds is 3. The lowest BCUT2D eigenvalue weighted by Gasteiger charge is -2.43. The molecule has 0 saturated carbocycles. The number of benzene rings is 1. The highest BCUT2D eigenvalue weighted by molar-refractivity contribution is 5.66. The summed E-state index contributed by atoms with van der Waals surface area (Å²) in [7, 11) is 0. The average Bonchev–Trinajstić information content (AvgIpc) is 2.25. The third-order valence-electron chi connectivity index (χ3n) is 3.25. The van der Waals surface area contributed by atoms with Crippen molar-refractivity contribution in [3.8, 4) is 5.75 Å². The second kappa shape index (κ2) is 4.28. The molecule has 1 heterocycles. The Morgan fingerprint density at radius 1 is 1.39 bits per heavy atom. The minimum Gasteiger partial charge on any atom is -0.487 e. The van der Waals surface area contributed by atoms with Crippen LogP contribution < -0.4 is 4.74 Å². The molecule has 0 amide bonds. The summed E-state index contributed by atoms with van der Waals surface area (Å²) in [5.41, 5.74) is -0.941. The Morgan fingerprint density at radius 3 is 2.72 bits per heavy atom. The fourth-order valence-electron chi connectivity index (χ4n) is 2.61. The molecule has 0 saturated heterocycles. The van der Waals surface area contributed by atoms with Gasteiger partial charge in [-0.05, 0) is 26.3 Å². The van der Waals surface area contributed by atoms with Crippen molar-refractivity contribution in [1.29, 1.82) is 0 Å². The minimum absolute atomic E-state index is 0.0546. The lowest BCUT2D eigenvalue weighted by Crippen LogP contribution is -2.44. The van der Waals surface area contributed by atoms with E-state index in [1.165, 1.54) is 0 Å². The molecule has 2 rings (SSSR count). The molecule has 1 atom stereocenters. The maximum atomic E-state index is 10.8. The lowest BCUT2D eigenvalue weighted by molar-refractivity contribution is -0.140. The Kier molecular flexibility index (Phi) is 3.07. The van der Waals surface area contributed by atoms with Crippen LogP contribution in [0.25, 0.3) is 0 Å². The van der Waals surface area contributed by atoms with E-state index in [1.54, 1.807) is 6.07 Å². The third-order valence-corrected chi connectivity index (χ3v) is 3.25. The van der Waals surface area contributed by atoms with Crippen molar-refractivity contribution in [2.24, 2.45) is 0 Å². The van der Waals surface area contributed by atoms with E-state index in [9.17, 15) is 9.90 Å². The summed E-state index contributed by atoms with van der Waals surface area (Å²) in [5.74, 6) is -0.258. The summed E-state index contributed by atoms with van der Waals surface area (Å²) < 4.78 is 5.81. The maximum Gasteiger partial charge on any atom is 0.303 e. The molecule has 18 heavy (non-hydrogen) atoms. The van der Waals surface area contributed by atoms with Crippen molar-refractivity contribution in [3.63, 3.8) is 0 Å². The van der Waals surface area contributed by atoms with Crippen LogP contribution in [0, 0.1) is 0 Å². The molecule has 0 radical (unpaired) electrons. The number of hydrogen-bond donors (Lipinski definition) is 2. The summed E-state index contributed by atoms with van der Waals surface area (Å²) in [6.07, 6.45) is 0.539. The maximum absolute atomic E-state index is 10.8. The summed E-state index contributed by atoms with van der Waals surface area (Å²) in [6.45, 7) is 3.79. The largest absolute Gasteiger partial charge is 0.487 e. The monoisotopic (exact) mass is 250 g/mol. The molecule has 98 valence electrons. The first-order valence-electron chi connectivity index (χ1n) is 6.05. The Hall–Kier alpha value is -1.55. The van der Waals surface area contributed by atoms with E-state index in [1.807, 2.05) is 32.0 Å². The summed E-state index contributed by atoms with van der Waals surface area (Å²) in [6, 6.07) is 7.28. The van der Waals surface area contributed by atoms with E-state index in [2.05, 4.69) is 0 Å². The van der Waals surface area contributed by atoms with Crippen LogP contribution in [-0.2, 0) is 10.4 Å². The summed E-state index contributed by atoms with van der Waals surface area (Å²) >= 11 is 0. The highest BCUT2D eigenvalue weighted by Crippen LogP contribution is 2.45. The van der Waals surface area contributed by atoms with Gasteiger partial charge in [-0.15, -0.1) is 0 Å². The van der Waals surface area contributed by atoms with Gasteiger partial charge in [0.1, 0.15) is 11.4 Å². The number of carboxylic acid groups (broad SMARTS) is 1. The number of para-hydroxylation sites is 1. The molecule has 0 aliphatic carbocycles. The highest BCUT2D eigenvalue weighted by atomic mass is 16.5. The molecule has 0 aromatic heterocycles.